The van der Waals surface area contributed by atoms with Crippen LogP contribution in [-0.4, -0.2) is 18.8 Å². The number of ether oxygens (including phenoxy) is 1. The zero-order valence-corrected chi connectivity index (χ0v) is 8.50. The Bertz CT molecular complexity index is 187. The zero-order valence-electron chi connectivity index (χ0n) is 7.61. The first-order valence-electron chi connectivity index (χ1n) is 4.53. The molecule has 0 saturated heterocycles. The van der Waals surface area contributed by atoms with Crippen LogP contribution in [0.3, 0.4) is 0 Å². The smallest absolute Gasteiger partial charge is 0.417 e. The lowest BCUT2D eigenvalue weighted by atomic mass is 10.3. The van der Waals surface area contributed by atoms with Gasteiger partial charge in [0.2, 0.25) is 0 Å². The van der Waals surface area contributed by atoms with E-state index in [1.807, 2.05) is 0 Å². The number of unbranched alkanes of at least 4 members (excludes halogenated alkanes) is 2. The minimum atomic E-state index is 0.0511. The molecule has 0 aromatic heterocycles. The fourth-order valence-electron chi connectivity index (χ4n) is 1.21. The SMILES string of the molecule is O=[C]OCCCCC[SH]1C=CC=C1. The monoisotopic (exact) mass is 199 g/mol. The highest BCUT2D eigenvalue weighted by Crippen LogP contribution is 2.33. The topological polar surface area (TPSA) is 26.3 Å². The van der Waals surface area contributed by atoms with Crippen LogP contribution in [0.4, 0.5) is 0 Å². The van der Waals surface area contributed by atoms with Gasteiger partial charge in [0.1, 0.15) is 0 Å². The van der Waals surface area contributed by atoms with Crippen LogP contribution >= 0.6 is 10.9 Å². The van der Waals surface area contributed by atoms with Crippen molar-refractivity contribution in [2.24, 2.45) is 0 Å². The van der Waals surface area contributed by atoms with Crippen LogP contribution in [0.2, 0.25) is 0 Å². The molecule has 1 rings (SSSR count). The number of carbonyl (C=O) groups excluding carboxylic acids is 1. The molecule has 1 radical (unpaired) electrons. The lowest BCUT2D eigenvalue weighted by Crippen LogP contribution is -1.92. The van der Waals surface area contributed by atoms with Gasteiger partial charge in [0.25, 0.3) is 0 Å². The molecular formula is C10H15O2S. The predicted molar refractivity (Wildman–Crippen MR) is 57.6 cm³/mol. The Morgan fingerprint density at radius 1 is 1.15 bits per heavy atom. The molecule has 0 saturated carbocycles. The Balaban J connectivity index is 1.86. The standard InChI is InChI=1S/C10H15O2S/c11-10-12-6-2-1-3-7-13-8-4-5-9-13/h4-5,8-9,13H,1-3,6-7H2. The van der Waals surface area contributed by atoms with Crippen LogP contribution in [0.5, 0.6) is 0 Å². The summed E-state index contributed by atoms with van der Waals surface area (Å²) in [6, 6.07) is 0. The molecule has 0 unspecified atom stereocenters. The second-order valence-corrected chi connectivity index (χ2v) is 4.99. The molecule has 73 valence electrons. The molecule has 2 nitrogen and oxygen atoms in total. The van der Waals surface area contributed by atoms with Crippen molar-refractivity contribution in [3.8, 4) is 0 Å². The van der Waals surface area contributed by atoms with E-state index < -0.39 is 0 Å². The number of thiol groups is 1. The van der Waals surface area contributed by atoms with Crippen molar-refractivity contribution < 1.29 is 9.53 Å². The molecule has 1 heterocycles. The minimum Gasteiger partial charge on any atom is -0.457 e. The van der Waals surface area contributed by atoms with Crippen LogP contribution in [0.1, 0.15) is 19.3 Å². The highest BCUT2D eigenvalue weighted by Gasteiger charge is 1.98. The number of hydrogen-bond acceptors (Lipinski definition) is 2. The van der Waals surface area contributed by atoms with Gasteiger partial charge in [-0.1, -0.05) is 12.2 Å². The van der Waals surface area contributed by atoms with E-state index in [4.69, 9.17) is 0 Å². The number of hydrogen-bond donors (Lipinski definition) is 1. The average molecular weight is 199 g/mol. The van der Waals surface area contributed by atoms with E-state index in [9.17, 15) is 4.79 Å². The molecule has 0 bridgehead atoms. The van der Waals surface area contributed by atoms with Crippen molar-refractivity contribution in [1.29, 1.82) is 0 Å². The first-order chi connectivity index (χ1) is 6.43. The van der Waals surface area contributed by atoms with Gasteiger partial charge in [0, 0.05) is 0 Å². The summed E-state index contributed by atoms with van der Waals surface area (Å²) >= 11 is 0. The third-order valence-corrected chi connectivity index (χ3v) is 3.83. The third kappa shape index (κ3) is 4.78. The van der Waals surface area contributed by atoms with Crippen LogP contribution in [0, 0.1) is 0 Å². The largest absolute Gasteiger partial charge is 0.457 e. The van der Waals surface area contributed by atoms with Gasteiger partial charge < -0.3 is 4.74 Å². The Kier molecular flexibility index (Phi) is 5.41. The molecule has 13 heavy (non-hydrogen) atoms. The van der Waals surface area contributed by atoms with Gasteiger partial charge in [-0.05, 0) is 35.8 Å². The normalized spacial score (nSPS) is 16.5. The zero-order chi connectivity index (χ0) is 9.36. The van der Waals surface area contributed by atoms with Crippen LogP contribution < -0.4 is 0 Å². The fraction of sp³-hybridized carbons (Fsp3) is 0.500. The van der Waals surface area contributed by atoms with E-state index in [1.54, 1.807) is 0 Å². The summed E-state index contributed by atoms with van der Waals surface area (Å²) in [6.07, 6.45) is 7.57. The quantitative estimate of drug-likeness (QED) is 0.503. The van der Waals surface area contributed by atoms with E-state index >= 15 is 0 Å². The summed E-state index contributed by atoms with van der Waals surface area (Å²) in [7, 11) is 0.0511. The van der Waals surface area contributed by atoms with Gasteiger partial charge in [-0.15, -0.1) is 0 Å². The second-order valence-electron chi connectivity index (χ2n) is 2.91. The van der Waals surface area contributed by atoms with Crippen molar-refractivity contribution in [3.63, 3.8) is 0 Å². The fourth-order valence-corrected chi connectivity index (χ4v) is 2.83. The Labute approximate surface area is 82.0 Å². The average Bonchev–Trinajstić information content (AvgIpc) is 2.63. The van der Waals surface area contributed by atoms with Gasteiger partial charge in [0.15, 0.2) is 0 Å². The molecule has 0 aliphatic carbocycles. The van der Waals surface area contributed by atoms with Gasteiger partial charge in [0.05, 0.1) is 6.61 Å². The molecule has 0 amide bonds. The maximum absolute atomic E-state index is 9.68. The summed E-state index contributed by atoms with van der Waals surface area (Å²) in [5.41, 5.74) is 0. The molecule has 0 spiro atoms. The molecule has 1 aliphatic rings. The van der Waals surface area contributed by atoms with E-state index in [0.29, 0.717) is 6.61 Å². The van der Waals surface area contributed by atoms with Crippen molar-refractivity contribution >= 4 is 17.4 Å². The molecule has 0 aromatic rings. The Hall–Kier alpha value is -0.700. The Morgan fingerprint density at radius 3 is 2.62 bits per heavy atom. The molecule has 3 heteroatoms. The number of rotatable bonds is 7. The van der Waals surface area contributed by atoms with Gasteiger partial charge in [-0.25, -0.2) is 15.7 Å². The maximum atomic E-state index is 9.68. The molecule has 0 atom stereocenters. The van der Waals surface area contributed by atoms with E-state index in [-0.39, 0.29) is 10.9 Å². The number of allylic oxidation sites excluding steroid dienone is 2. The van der Waals surface area contributed by atoms with Gasteiger partial charge in [-0.3, -0.25) is 0 Å². The van der Waals surface area contributed by atoms with Crippen LogP contribution in [0.15, 0.2) is 23.0 Å². The first kappa shape index (κ1) is 10.4. The molecule has 0 fully saturated rings. The highest BCUT2D eigenvalue weighted by atomic mass is 32.2. The third-order valence-electron chi connectivity index (χ3n) is 1.89. The molecule has 0 aromatic carbocycles. The lowest BCUT2D eigenvalue weighted by Gasteiger charge is -2.08. The molecule has 0 N–H and O–H groups in total. The predicted octanol–water partition coefficient (Wildman–Crippen LogP) is 2.28. The van der Waals surface area contributed by atoms with Gasteiger partial charge in [-0.2, -0.15) is 0 Å². The highest BCUT2D eigenvalue weighted by molar-refractivity contribution is 8.22. The van der Waals surface area contributed by atoms with Crippen molar-refractivity contribution in [2.45, 2.75) is 19.3 Å². The van der Waals surface area contributed by atoms with E-state index in [2.05, 4.69) is 27.7 Å². The minimum absolute atomic E-state index is 0.0511. The summed E-state index contributed by atoms with van der Waals surface area (Å²) in [4.78, 5) is 9.68. The summed E-state index contributed by atoms with van der Waals surface area (Å²) in [5.74, 6) is 1.27. The summed E-state index contributed by atoms with van der Waals surface area (Å²) < 4.78 is 4.48. The van der Waals surface area contributed by atoms with Gasteiger partial charge >= 0.3 is 6.47 Å². The maximum Gasteiger partial charge on any atom is 0.417 e. The molecule has 1 aliphatic heterocycles. The van der Waals surface area contributed by atoms with Crippen LogP contribution in [-0.2, 0) is 9.53 Å². The molecular weight excluding hydrogens is 184 g/mol. The van der Waals surface area contributed by atoms with E-state index in [0.717, 1.165) is 12.8 Å². The Morgan fingerprint density at radius 2 is 1.92 bits per heavy atom. The summed E-state index contributed by atoms with van der Waals surface area (Å²) in [5, 5.41) is 4.57. The first-order valence-corrected chi connectivity index (χ1v) is 6.19. The van der Waals surface area contributed by atoms with Crippen molar-refractivity contribution in [2.75, 3.05) is 12.4 Å². The van der Waals surface area contributed by atoms with Crippen LogP contribution in [0.25, 0.3) is 0 Å². The van der Waals surface area contributed by atoms with Crippen molar-refractivity contribution in [3.05, 3.63) is 23.0 Å². The summed E-state index contributed by atoms with van der Waals surface area (Å²) in [6.45, 7) is 1.95. The van der Waals surface area contributed by atoms with E-state index in [1.165, 1.54) is 18.6 Å². The van der Waals surface area contributed by atoms with Crippen molar-refractivity contribution in [1.82, 2.24) is 0 Å². The second kappa shape index (κ2) is 6.78. The lowest BCUT2D eigenvalue weighted by molar-refractivity contribution is 0.270.